The van der Waals surface area contributed by atoms with Crippen molar-refractivity contribution in [3.63, 3.8) is 0 Å². The third kappa shape index (κ3) is 4.52. The average Bonchev–Trinajstić information content (AvgIpc) is 3.07. The summed E-state index contributed by atoms with van der Waals surface area (Å²) in [7, 11) is 1.61. The highest BCUT2D eigenvalue weighted by atomic mass is 79.9. The first-order valence-corrected chi connectivity index (χ1v) is 11.0. The van der Waals surface area contributed by atoms with Gasteiger partial charge in [0.05, 0.1) is 19.9 Å². The van der Waals surface area contributed by atoms with Crippen LogP contribution in [0.1, 0.15) is 31.2 Å². The van der Waals surface area contributed by atoms with E-state index in [2.05, 4.69) is 36.2 Å². The van der Waals surface area contributed by atoms with Gasteiger partial charge in [0.2, 0.25) is 5.95 Å². The van der Waals surface area contributed by atoms with Crippen molar-refractivity contribution in [3.05, 3.63) is 44.9 Å². The number of methoxy groups -OCH3 is 1. The number of fused-ring (bicyclic) bond motifs is 1. The number of aromatic amines is 1. The molecule has 0 unspecified atom stereocenters. The largest absolute Gasteiger partial charge is 0.496 e. The summed E-state index contributed by atoms with van der Waals surface area (Å²) < 4.78 is 7.95. The zero-order valence-corrected chi connectivity index (χ0v) is 18.5. The number of H-pyrrole nitrogens is 1. The maximum Gasteiger partial charge on any atom is 0.328 e. The van der Waals surface area contributed by atoms with Crippen LogP contribution in [0.4, 0.5) is 5.95 Å². The van der Waals surface area contributed by atoms with E-state index < -0.39 is 0 Å². The minimum Gasteiger partial charge on any atom is -0.496 e. The zero-order chi connectivity index (χ0) is 21.1. The molecule has 1 saturated carbocycles. The lowest BCUT2D eigenvalue weighted by atomic mass is 9.82. The lowest BCUT2D eigenvalue weighted by Gasteiger charge is -2.27. The van der Waals surface area contributed by atoms with Crippen LogP contribution in [-0.2, 0) is 6.54 Å². The zero-order valence-electron chi connectivity index (χ0n) is 16.9. The van der Waals surface area contributed by atoms with Crippen LogP contribution in [0.3, 0.4) is 0 Å². The summed E-state index contributed by atoms with van der Waals surface area (Å²) in [6, 6.07) is 5.71. The van der Waals surface area contributed by atoms with Crippen molar-refractivity contribution in [3.8, 4) is 5.75 Å². The summed E-state index contributed by atoms with van der Waals surface area (Å²) in [6.07, 6.45) is 5.96. The molecular formula is C21H26BrN5O3. The molecule has 0 aliphatic heterocycles. The summed E-state index contributed by atoms with van der Waals surface area (Å²) in [4.78, 5) is 24.3. The van der Waals surface area contributed by atoms with Gasteiger partial charge in [-0.2, -0.15) is 4.98 Å². The van der Waals surface area contributed by atoms with Gasteiger partial charge in [0.25, 0.3) is 0 Å². The lowest BCUT2D eigenvalue weighted by molar-refractivity contribution is 0.170. The minimum atomic E-state index is -0.235. The molecule has 9 heteroatoms. The van der Waals surface area contributed by atoms with Gasteiger partial charge in [-0.15, -0.1) is 0 Å². The molecule has 8 nitrogen and oxygen atoms in total. The van der Waals surface area contributed by atoms with Crippen molar-refractivity contribution in [2.75, 3.05) is 25.6 Å². The van der Waals surface area contributed by atoms with Crippen LogP contribution >= 0.6 is 15.9 Å². The van der Waals surface area contributed by atoms with Crippen LogP contribution in [0.25, 0.3) is 11.2 Å². The van der Waals surface area contributed by atoms with Crippen LogP contribution in [-0.4, -0.2) is 44.9 Å². The third-order valence-electron chi connectivity index (χ3n) is 5.86. The Bertz CT molecular complexity index is 1070. The average molecular weight is 476 g/mol. The van der Waals surface area contributed by atoms with Crippen molar-refractivity contribution < 1.29 is 9.84 Å². The fourth-order valence-electron chi connectivity index (χ4n) is 4.07. The molecule has 0 amide bonds. The molecule has 30 heavy (non-hydrogen) atoms. The number of nitrogens with one attached hydrogen (secondary N) is 2. The number of aliphatic hydroxyl groups is 1. The molecule has 0 bridgehead atoms. The van der Waals surface area contributed by atoms with Gasteiger partial charge in [0.15, 0.2) is 5.65 Å². The molecule has 1 fully saturated rings. The molecule has 2 aromatic heterocycles. The number of aromatic nitrogens is 4. The van der Waals surface area contributed by atoms with Crippen LogP contribution in [0, 0.1) is 11.8 Å². The number of hydrogen-bond donors (Lipinski definition) is 3. The molecule has 160 valence electrons. The molecule has 3 N–H and O–H groups in total. The second kappa shape index (κ2) is 9.18. The van der Waals surface area contributed by atoms with Crippen LogP contribution in [0.15, 0.2) is 33.7 Å². The van der Waals surface area contributed by atoms with E-state index in [-0.39, 0.29) is 12.3 Å². The molecule has 0 atom stereocenters. The number of imidazole rings is 1. The number of aliphatic hydroxyl groups excluding tert-OH is 1. The summed E-state index contributed by atoms with van der Waals surface area (Å²) in [5.41, 5.74) is 1.80. The van der Waals surface area contributed by atoms with Crippen LogP contribution in [0.5, 0.6) is 5.75 Å². The molecule has 1 aliphatic carbocycles. The molecule has 1 aliphatic rings. The predicted octanol–water partition coefficient (Wildman–Crippen LogP) is 3.15. The normalized spacial score (nSPS) is 19.2. The highest BCUT2D eigenvalue weighted by molar-refractivity contribution is 9.10. The number of nitrogens with zero attached hydrogens (tertiary/aromatic N) is 3. The number of halogens is 1. The fraction of sp³-hybridized carbons (Fsp3) is 0.476. The Kier molecular flexibility index (Phi) is 6.38. The second-order valence-corrected chi connectivity index (χ2v) is 8.77. The number of anilines is 1. The third-order valence-corrected chi connectivity index (χ3v) is 6.35. The van der Waals surface area contributed by atoms with E-state index in [0.717, 1.165) is 42.3 Å². The smallest absolute Gasteiger partial charge is 0.328 e. The first kappa shape index (κ1) is 20.9. The molecule has 3 aromatic rings. The highest BCUT2D eigenvalue weighted by Crippen LogP contribution is 2.28. The van der Waals surface area contributed by atoms with E-state index >= 15 is 0 Å². The molecule has 1 aromatic carbocycles. The van der Waals surface area contributed by atoms with E-state index in [9.17, 15) is 9.90 Å². The van der Waals surface area contributed by atoms with Crippen LogP contribution in [0.2, 0.25) is 0 Å². The van der Waals surface area contributed by atoms with E-state index in [4.69, 9.17) is 4.74 Å². The van der Waals surface area contributed by atoms with E-state index in [1.54, 1.807) is 17.9 Å². The Hall–Kier alpha value is -2.39. The first-order valence-electron chi connectivity index (χ1n) is 10.2. The maximum atomic E-state index is 12.5. The number of rotatable bonds is 7. The molecule has 0 spiro atoms. The number of hydrogen-bond acceptors (Lipinski definition) is 6. The Balaban J connectivity index is 1.53. The van der Waals surface area contributed by atoms with Crippen molar-refractivity contribution in [1.82, 2.24) is 19.5 Å². The van der Waals surface area contributed by atoms with E-state index in [1.807, 2.05) is 18.2 Å². The fourth-order valence-corrected chi connectivity index (χ4v) is 4.48. The van der Waals surface area contributed by atoms with Gasteiger partial charge >= 0.3 is 5.69 Å². The topological polar surface area (TPSA) is 105 Å². The van der Waals surface area contributed by atoms with Gasteiger partial charge in [0.1, 0.15) is 11.3 Å². The SMILES string of the molecule is COc1ccc(Br)cc1Cn1c(=O)[nH]c2cnc(NCC3CCC(CO)CC3)nc21. The Morgan fingerprint density at radius 3 is 2.80 bits per heavy atom. The lowest BCUT2D eigenvalue weighted by Crippen LogP contribution is -2.23. The Labute approximate surface area is 182 Å². The molecule has 4 rings (SSSR count). The summed E-state index contributed by atoms with van der Waals surface area (Å²) in [6.45, 7) is 1.41. The van der Waals surface area contributed by atoms with Gasteiger partial charge in [0, 0.05) is 23.2 Å². The molecule has 0 saturated heterocycles. The van der Waals surface area contributed by atoms with Gasteiger partial charge < -0.3 is 20.1 Å². The molecular weight excluding hydrogens is 450 g/mol. The predicted molar refractivity (Wildman–Crippen MR) is 119 cm³/mol. The van der Waals surface area contributed by atoms with Gasteiger partial charge in [-0.25, -0.2) is 9.78 Å². The van der Waals surface area contributed by atoms with Crippen molar-refractivity contribution in [1.29, 1.82) is 0 Å². The van der Waals surface area contributed by atoms with Crippen molar-refractivity contribution >= 4 is 33.0 Å². The molecule has 0 radical (unpaired) electrons. The summed E-state index contributed by atoms with van der Waals surface area (Å²) in [5, 5.41) is 12.6. The monoisotopic (exact) mass is 475 g/mol. The Morgan fingerprint density at radius 2 is 2.07 bits per heavy atom. The van der Waals surface area contributed by atoms with E-state index in [1.165, 1.54) is 0 Å². The second-order valence-electron chi connectivity index (χ2n) is 7.85. The highest BCUT2D eigenvalue weighted by Gasteiger charge is 2.21. The summed E-state index contributed by atoms with van der Waals surface area (Å²) in [5.74, 6) is 2.22. The quantitative estimate of drug-likeness (QED) is 0.484. The first-order chi connectivity index (χ1) is 14.6. The van der Waals surface area contributed by atoms with E-state index in [0.29, 0.717) is 41.2 Å². The number of ether oxygens (including phenoxy) is 1. The van der Waals surface area contributed by atoms with Gasteiger partial charge in [-0.3, -0.25) is 4.57 Å². The number of benzene rings is 1. The standard InChI is InChI=1S/C21H26BrN5O3/c1-30-18-7-6-16(22)8-15(18)11-27-19-17(25-21(27)29)10-24-20(26-19)23-9-13-2-4-14(12-28)5-3-13/h6-8,10,13-14,28H,2-5,9,11-12H2,1H3,(H,25,29)(H,23,24,26). The van der Waals surface area contributed by atoms with Gasteiger partial charge in [-0.05, 0) is 55.7 Å². The van der Waals surface area contributed by atoms with Crippen LogP contribution < -0.4 is 15.7 Å². The van der Waals surface area contributed by atoms with Crippen molar-refractivity contribution in [2.45, 2.75) is 32.2 Å². The minimum absolute atomic E-state index is 0.235. The van der Waals surface area contributed by atoms with Gasteiger partial charge in [-0.1, -0.05) is 15.9 Å². The molecule has 2 heterocycles. The maximum absolute atomic E-state index is 12.5. The van der Waals surface area contributed by atoms with Crippen molar-refractivity contribution in [2.24, 2.45) is 11.8 Å². The summed E-state index contributed by atoms with van der Waals surface area (Å²) >= 11 is 3.48. The Morgan fingerprint density at radius 1 is 1.30 bits per heavy atom.